The van der Waals surface area contributed by atoms with Crippen LogP contribution in [-0.4, -0.2) is 40.1 Å². The van der Waals surface area contributed by atoms with Crippen LogP contribution in [0.15, 0.2) is 50.9 Å². The van der Waals surface area contributed by atoms with Crippen LogP contribution in [0.2, 0.25) is 0 Å². The molecule has 10 nitrogen and oxygen atoms in total. The fourth-order valence-electron chi connectivity index (χ4n) is 1.94. The minimum Gasteiger partial charge on any atom is -0.860 e. The number of furan rings is 1. The van der Waals surface area contributed by atoms with Crippen molar-refractivity contribution in [3.8, 4) is 11.3 Å². The summed E-state index contributed by atoms with van der Waals surface area (Å²) in [6.07, 6.45) is 1.29. The Bertz CT molecular complexity index is 830. The van der Waals surface area contributed by atoms with Gasteiger partial charge in [0.25, 0.3) is 5.69 Å². The standard InChI is InChI=1S/C14H10N4O5.Na.H2O/c19-13-8-17(14(20)16-13)15-7-11-5-6-12(23-11)9-1-3-10(4-2-9)18(21)22;;/h1-7H,8H2,(H,16,19,20);;1H2/q;+1;/p-1. The van der Waals surface area contributed by atoms with Crippen molar-refractivity contribution in [2.75, 3.05) is 6.54 Å². The van der Waals surface area contributed by atoms with Gasteiger partial charge in [0.05, 0.1) is 17.7 Å². The summed E-state index contributed by atoms with van der Waals surface area (Å²) < 4.78 is 5.52. The molecule has 0 atom stereocenters. The normalized spacial score (nSPS) is 13.4. The van der Waals surface area contributed by atoms with Crippen molar-refractivity contribution in [2.45, 2.75) is 0 Å². The summed E-state index contributed by atoms with van der Waals surface area (Å²) >= 11 is 0. The molecule has 11 heteroatoms. The number of hydrazone groups is 1. The van der Waals surface area contributed by atoms with Gasteiger partial charge in [-0.15, -0.1) is 0 Å². The predicted octanol–water partition coefficient (Wildman–Crippen LogP) is -2.44. The molecule has 1 aliphatic heterocycles. The van der Waals surface area contributed by atoms with Gasteiger partial charge in [-0.3, -0.25) is 10.1 Å². The maximum Gasteiger partial charge on any atom is 1.00 e. The fraction of sp³-hybridized carbons (Fsp3) is 0.0714. The molecule has 0 saturated heterocycles. The second-order valence-corrected chi connectivity index (χ2v) is 4.60. The molecule has 25 heavy (non-hydrogen) atoms. The van der Waals surface area contributed by atoms with Crippen molar-refractivity contribution < 1.29 is 54.3 Å². The van der Waals surface area contributed by atoms with Gasteiger partial charge >= 0.3 is 35.6 Å². The number of urea groups is 1. The van der Waals surface area contributed by atoms with Crippen LogP contribution in [0.1, 0.15) is 5.76 Å². The third kappa shape index (κ3) is 4.73. The van der Waals surface area contributed by atoms with Crippen LogP contribution in [0.3, 0.4) is 0 Å². The molecule has 0 aliphatic carbocycles. The van der Waals surface area contributed by atoms with E-state index in [1.807, 2.05) is 0 Å². The van der Waals surface area contributed by atoms with E-state index >= 15 is 0 Å². The van der Waals surface area contributed by atoms with Gasteiger partial charge in [-0.05, 0) is 30.2 Å². The van der Waals surface area contributed by atoms with E-state index in [1.165, 1.54) is 18.3 Å². The van der Waals surface area contributed by atoms with Crippen molar-refractivity contribution in [1.29, 1.82) is 0 Å². The molecule has 1 aromatic carbocycles. The van der Waals surface area contributed by atoms with Gasteiger partial charge in [-0.1, -0.05) is 0 Å². The quantitative estimate of drug-likeness (QED) is 0.258. The summed E-state index contributed by atoms with van der Waals surface area (Å²) in [5.74, 6) is 0.318. The van der Waals surface area contributed by atoms with E-state index in [9.17, 15) is 20.0 Å². The molecule has 0 radical (unpaired) electrons. The second-order valence-electron chi connectivity index (χ2n) is 4.60. The zero-order valence-corrected chi connectivity index (χ0v) is 15.1. The van der Waals surface area contributed by atoms with Gasteiger partial charge in [-0.2, -0.15) is 5.10 Å². The summed E-state index contributed by atoms with van der Waals surface area (Å²) in [4.78, 5) is 24.6. The number of hydrogen-bond acceptors (Lipinski definition) is 6. The van der Waals surface area contributed by atoms with E-state index < -0.39 is 16.9 Å². The number of hydrogen-bond donors (Lipinski definition) is 0. The third-order valence-electron chi connectivity index (χ3n) is 3.04. The topological polar surface area (TPSA) is 156 Å². The molecule has 124 valence electrons. The van der Waals surface area contributed by atoms with Crippen LogP contribution in [0.25, 0.3) is 11.3 Å². The van der Waals surface area contributed by atoms with Crippen molar-refractivity contribution >= 4 is 23.8 Å². The zero-order valence-electron chi connectivity index (χ0n) is 13.1. The van der Waals surface area contributed by atoms with Crippen LogP contribution in [0.4, 0.5) is 10.5 Å². The Labute approximate surface area is 163 Å². The summed E-state index contributed by atoms with van der Waals surface area (Å²) in [5, 5.41) is 26.3. The molecule has 0 bridgehead atoms. The Morgan fingerprint density at radius 1 is 1.24 bits per heavy atom. The van der Waals surface area contributed by atoms with E-state index in [-0.39, 0.29) is 47.3 Å². The van der Waals surface area contributed by atoms with Gasteiger partial charge < -0.3 is 15.0 Å². The summed E-state index contributed by atoms with van der Waals surface area (Å²) in [7, 11) is 0. The number of aliphatic imine (C=N–C) groups is 1. The number of rotatable bonds is 4. The molecule has 2 heterocycles. The summed E-state index contributed by atoms with van der Waals surface area (Å²) in [5.41, 5.74) is 0.653. The molecule has 2 amide bonds. The first-order chi connectivity index (χ1) is 11.0. The number of benzene rings is 1. The molecule has 1 aliphatic rings. The van der Waals surface area contributed by atoms with Crippen molar-refractivity contribution in [2.24, 2.45) is 10.1 Å². The summed E-state index contributed by atoms with van der Waals surface area (Å²) in [6.45, 7) is -0.189. The Morgan fingerprint density at radius 3 is 2.48 bits per heavy atom. The van der Waals surface area contributed by atoms with Crippen LogP contribution in [0, 0.1) is 10.1 Å². The van der Waals surface area contributed by atoms with E-state index in [1.54, 1.807) is 24.3 Å². The second kappa shape index (κ2) is 8.53. The Hall–Kier alpha value is -2.53. The van der Waals surface area contributed by atoms with E-state index in [0.29, 0.717) is 17.1 Å². The molecule has 0 unspecified atom stereocenters. The first-order valence-electron chi connectivity index (χ1n) is 6.47. The van der Waals surface area contributed by atoms with Crippen molar-refractivity contribution in [3.63, 3.8) is 0 Å². The third-order valence-corrected chi connectivity index (χ3v) is 3.04. The maximum absolute atomic E-state index is 11.3. The molecular weight excluding hydrogens is 343 g/mol. The van der Waals surface area contributed by atoms with E-state index in [2.05, 4.69) is 10.1 Å². The van der Waals surface area contributed by atoms with E-state index in [4.69, 9.17) is 4.42 Å². The molecule has 0 fully saturated rings. The maximum atomic E-state index is 11.3. The van der Waals surface area contributed by atoms with Crippen LogP contribution in [-0.2, 0) is 0 Å². The fourth-order valence-corrected chi connectivity index (χ4v) is 1.94. The van der Waals surface area contributed by atoms with E-state index in [0.717, 1.165) is 5.01 Å². The summed E-state index contributed by atoms with van der Waals surface area (Å²) in [6, 6.07) is 8.47. The number of nitro groups is 1. The number of carbonyl (C=O) groups is 1. The first-order valence-corrected chi connectivity index (χ1v) is 6.47. The smallest absolute Gasteiger partial charge is 0.860 e. The number of nitrogens with zero attached hydrogens (tertiary/aromatic N) is 4. The Balaban J connectivity index is 0.00000156. The molecule has 0 spiro atoms. The van der Waals surface area contributed by atoms with Crippen molar-refractivity contribution in [1.82, 2.24) is 5.01 Å². The molecule has 2 N–H and O–H groups in total. The zero-order chi connectivity index (χ0) is 16.4. The minimum atomic E-state index is -0.714. The van der Waals surface area contributed by atoms with Crippen LogP contribution < -0.4 is 34.7 Å². The largest absolute Gasteiger partial charge is 1.00 e. The van der Waals surface area contributed by atoms with Gasteiger partial charge in [-0.25, -0.2) is 14.8 Å². The minimum absolute atomic E-state index is 0. The van der Waals surface area contributed by atoms with Crippen LogP contribution >= 0.6 is 0 Å². The monoisotopic (exact) mass is 354 g/mol. The number of nitro benzene ring substituents is 1. The predicted molar refractivity (Wildman–Crippen MR) is 81.5 cm³/mol. The molecule has 0 saturated carbocycles. The van der Waals surface area contributed by atoms with Gasteiger partial charge in [0.1, 0.15) is 11.5 Å². The SMILES string of the molecule is O.O=C1N=C([O-])CN1N=Cc1ccc(-c2ccc([N+](=O)[O-])cc2)o1.[Na+]. The first kappa shape index (κ1) is 20.5. The average Bonchev–Trinajstić information content (AvgIpc) is 3.11. The van der Waals surface area contributed by atoms with Crippen LogP contribution in [0.5, 0.6) is 0 Å². The number of amides is 2. The molecular formula is C14H11N4NaO6. The molecule has 1 aromatic heterocycles. The number of non-ortho nitro benzene ring substituents is 1. The number of carbonyl (C=O) groups excluding carboxylic acids is 1. The average molecular weight is 354 g/mol. The Morgan fingerprint density at radius 2 is 1.92 bits per heavy atom. The molecule has 2 aromatic rings. The molecule has 3 rings (SSSR count). The van der Waals surface area contributed by atoms with Crippen molar-refractivity contribution in [3.05, 3.63) is 52.3 Å². The van der Waals surface area contributed by atoms with Gasteiger partial charge in [0.15, 0.2) is 0 Å². The Kier molecular flexibility index (Phi) is 7.00. The van der Waals surface area contributed by atoms with Gasteiger partial charge in [0.2, 0.25) is 0 Å². The van der Waals surface area contributed by atoms with Gasteiger partial charge in [0, 0.05) is 17.7 Å².